The third-order valence-electron chi connectivity index (χ3n) is 6.20. The van der Waals surface area contributed by atoms with Gasteiger partial charge < -0.3 is 26.6 Å². The smallest absolute Gasteiger partial charge is 0.220 e. The van der Waals surface area contributed by atoms with Crippen LogP contribution in [0, 0.1) is 0 Å². The highest BCUT2D eigenvalue weighted by Gasteiger charge is 2.29. The van der Waals surface area contributed by atoms with Crippen molar-refractivity contribution in [3.05, 3.63) is 119 Å². The van der Waals surface area contributed by atoms with Crippen LogP contribution < -0.4 is 26.6 Å². The predicted molar refractivity (Wildman–Crippen MR) is 135 cm³/mol. The summed E-state index contributed by atoms with van der Waals surface area (Å²) in [5.74, 6) is 2.60. The quantitative estimate of drug-likeness (QED) is 0.377. The summed E-state index contributed by atoms with van der Waals surface area (Å²) >= 11 is 0. The second kappa shape index (κ2) is 11.1. The van der Waals surface area contributed by atoms with Gasteiger partial charge in [-0.2, -0.15) is 4.58 Å². The maximum absolute atomic E-state index is 6.02. The Morgan fingerprint density at radius 3 is 2.06 bits per heavy atom. The summed E-state index contributed by atoms with van der Waals surface area (Å²) in [4.78, 5) is 0. The summed E-state index contributed by atoms with van der Waals surface area (Å²) < 4.78 is 19.2. The third kappa shape index (κ3) is 5.33. The predicted octanol–water partition coefficient (Wildman–Crippen LogP) is 3.02. The molecule has 1 aliphatic heterocycles. The van der Waals surface area contributed by atoms with E-state index in [0.717, 1.165) is 47.0 Å². The van der Waals surface area contributed by atoms with Crippen molar-refractivity contribution in [2.24, 2.45) is 0 Å². The highest BCUT2D eigenvalue weighted by Crippen LogP contribution is 2.29. The number of hydrogen-bond acceptors (Lipinski definition) is 3. The molecule has 5 heteroatoms. The molecular weight excluding hydrogens is 458 g/mol. The van der Waals surface area contributed by atoms with Crippen LogP contribution in [0.15, 0.2) is 97.1 Å². The lowest BCUT2D eigenvalue weighted by molar-refractivity contribution is -0.440. The molecule has 0 unspecified atom stereocenters. The Balaban J connectivity index is 0.00000289. The van der Waals surface area contributed by atoms with Crippen molar-refractivity contribution in [1.82, 2.24) is 0 Å². The fourth-order valence-electron chi connectivity index (χ4n) is 4.41. The van der Waals surface area contributed by atoms with Crippen molar-refractivity contribution in [3.8, 4) is 17.2 Å². The molecule has 0 fully saturated rings. The van der Waals surface area contributed by atoms with Crippen LogP contribution in [0.5, 0.6) is 17.2 Å². The van der Waals surface area contributed by atoms with Gasteiger partial charge in [0.25, 0.3) is 0 Å². The highest BCUT2D eigenvalue weighted by molar-refractivity contribution is 6.11. The first-order valence-electron chi connectivity index (χ1n) is 11.5. The topological polar surface area (TPSA) is 30.7 Å². The van der Waals surface area contributed by atoms with E-state index >= 15 is 0 Å². The average molecular weight is 486 g/mol. The molecule has 0 spiro atoms. The standard InChI is InChI=1S/C30H28NO3.ClH/c1-32-26-14-10-25(11-15-26)31-19-18-24-20-28(33-2)16-17-29(24)30(31)23-8-12-27(13-9-23)34-21-22-6-4-3-5-7-22;/h3-17,20H,18-19,21H2,1-2H3;1H/q+1;/p-1. The Bertz CT molecular complexity index is 1300. The molecule has 0 amide bonds. The minimum absolute atomic E-state index is 0. The van der Waals surface area contributed by atoms with Crippen molar-refractivity contribution in [2.45, 2.75) is 13.0 Å². The molecule has 1 aliphatic rings. The molecule has 0 aromatic heterocycles. The van der Waals surface area contributed by atoms with Crippen LogP contribution in [0.3, 0.4) is 0 Å². The van der Waals surface area contributed by atoms with Gasteiger partial charge in [-0.05, 0) is 65.7 Å². The zero-order chi connectivity index (χ0) is 23.3. The lowest BCUT2D eigenvalue weighted by Crippen LogP contribution is -3.00. The molecule has 0 aliphatic carbocycles. The molecule has 0 radical (unpaired) electrons. The number of benzene rings is 4. The molecule has 0 bridgehead atoms. The number of ether oxygens (including phenoxy) is 3. The van der Waals surface area contributed by atoms with Crippen LogP contribution >= 0.6 is 0 Å². The fourth-order valence-corrected chi connectivity index (χ4v) is 4.41. The molecule has 1 heterocycles. The van der Waals surface area contributed by atoms with Gasteiger partial charge in [-0.1, -0.05) is 30.3 Å². The number of nitrogens with zero attached hydrogens (tertiary/aromatic N) is 1. The molecule has 5 rings (SSSR count). The maximum atomic E-state index is 6.02. The highest BCUT2D eigenvalue weighted by atomic mass is 35.5. The molecule has 0 saturated heterocycles. The van der Waals surface area contributed by atoms with Crippen molar-refractivity contribution in [1.29, 1.82) is 0 Å². The molecule has 0 atom stereocenters. The summed E-state index contributed by atoms with van der Waals surface area (Å²) in [6, 6.07) is 33.2. The maximum Gasteiger partial charge on any atom is 0.220 e. The summed E-state index contributed by atoms with van der Waals surface area (Å²) in [7, 11) is 3.41. The monoisotopic (exact) mass is 485 g/mol. The Labute approximate surface area is 212 Å². The van der Waals surface area contributed by atoms with E-state index in [1.54, 1.807) is 14.2 Å². The Morgan fingerprint density at radius 1 is 0.714 bits per heavy atom. The van der Waals surface area contributed by atoms with E-state index in [1.807, 2.05) is 36.4 Å². The van der Waals surface area contributed by atoms with E-state index in [0.29, 0.717) is 6.61 Å². The number of rotatable bonds is 7. The number of fused-ring (bicyclic) bond motifs is 1. The number of methoxy groups -OCH3 is 2. The van der Waals surface area contributed by atoms with Gasteiger partial charge in [0, 0.05) is 24.1 Å². The lowest BCUT2D eigenvalue weighted by Gasteiger charge is -2.19. The second-order valence-corrected chi connectivity index (χ2v) is 8.27. The summed E-state index contributed by atoms with van der Waals surface area (Å²) in [5.41, 5.74) is 7.14. The molecule has 4 nitrogen and oxygen atoms in total. The molecule has 35 heavy (non-hydrogen) atoms. The number of halogens is 1. The molecular formula is C30H28ClNO3. The van der Waals surface area contributed by atoms with E-state index < -0.39 is 0 Å². The Kier molecular flexibility index (Phi) is 7.74. The normalized spacial score (nSPS) is 12.4. The van der Waals surface area contributed by atoms with Gasteiger partial charge in [0.1, 0.15) is 23.9 Å². The van der Waals surface area contributed by atoms with Crippen LogP contribution in [-0.2, 0) is 13.0 Å². The zero-order valence-electron chi connectivity index (χ0n) is 19.9. The van der Waals surface area contributed by atoms with Crippen molar-refractivity contribution in [2.75, 3.05) is 20.8 Å². The number of hydrogen-bond donors (Lipinski definition) is 0. The third-order valence-corrected chi connectivity index (χ3v) is 6.20. The van der Waals surface area contributed by atoms with Crippen molar-refractivity contribution in [3.63, 3.8) is 0 Å². The largest absolute Gasteiger partial charge is 1.00 e. The summed E-state index contributed by atoms with van der Waals surface area (Å²) in [6.45, 7) is 1.44. The molecule has 4 aromatic rings. The Morgan fingerprint density at radius 2 is 1.37 bits per heavy atom. The molecule has 4 aromatic carbocycles. The minimum atomic E-state index is 0. The van der Waals surface area contributed by atoms with Crippen molar-refractivity contribution < 1.29 is 31.2 Å². The first-order chi connectivity index (χ1) is 16.7. The van der Waals surface area contributed by atoms with Gasteiger partial charge in [-0.3, -0.25) is 0 Å². The van der Waals surface area contributed by atoms with E-state index in [-0.39, 0.29) is 12.4 Å². The van der Waals surface area contributed by atoms with Gasteiger partial charge in [-0.15, -0.1) is 0 Å². The summed E-state index contributed by atoms with van der Waals surface area (Å²) in [6.07, 6.45) is 0.945. The van der Waals surface area contributed by atoms with Crippen LogP contribution in [0.4, 0.5) is 5.69 Å². The first kappa shape index (κ1) is 24.4. The molecule has 0 N–H and O–H groups in total. The van der Waals surface area contributed by atoms with E-state index in [2.05, 4.69) is 65.2 Å². The van der Waals surface area contributed by atoms with Gasteiger partial charge in [0.2, 0.25) is 11.4 Å². The van der Waals surface area contributed by atoms with Gasteiger partial charge in [-0.25, -0.2) is 0 Å². The molecule has 0 saturated carbocycles. The van der Waals surface area contributed by atoms with Gasteiger partial charge in [0.15, 0.2) is 6.54 Å². The van der Waals surface area contributed by atoms with E-state index in [9.17, 15) is 0 Å². The van der Waals surface area contributed by atoms with E-state index in [1.165, 1.54) is 16.8 Å². The van der Waals surface area contributed by atoms with Gasteiger partial charge in [0.05, 0.1) is 19.8 Å². The fraction of sp³-hybridized carbons (Fsp3) is 0.167. The van der Waals surface area contributed by atoms with Crippen molar-refractivity contribution >= 4 is 11.4 Å². The van der Waals surface area contributed by atoms with Crippen LogP contribution in [0.2, 0.25) is 0 Å². The SMILES string of the molecule is COc1ccc([N+]2=C(c3ccc(OCc4ccccc4)cc3)c3ccc(OC)cc3CC2)cc1.[Cl-]. The van der Waals surface area contributed by atoms with Crippen LogP contribution in [0.25, 0.3) is 0 Å². The lowest BCUT2D eigenvalue weighted by atomic mass is 9.92. The van der Waals surface area contributed by atoms with Crippen LogP contribution in [-0.4, -0.2) is 31.1 Å². The van der Waals surface area contributed by atoms with Crippen LogP contribution in [0.1, 0.15) is 22.3 Å². The first-order valence-corrected chi connectivity index (χ1v) is 11.5. The van der Waals surface area contributed by atoms with E-state index in [4.69, 9.17) is 14.2 Å². The molecule has 178 valence electrons. The average Bonchev–Trinajstić information content (AvgIpc) is 2.92. The zero-order valence-corrected chi connectivity index (χ0v) is 20.7. The minimum Gasteiger partial charge on any atom is -1.00 e. The van der Waals surface area contributed by atoms with Gasteiger partial charge >= 0.3 is 0 Å². The second-order valence-electron chi connectivity index (χ2n) is 8.27. The summed E-state index contributed by atoms with van der Waals surface area (Å²) in [5, 5.41) is 0. The Hall–Kier alpha value is -3.76.